The number of hydrogen-bond acceptors (Lipinski definition) is 2. The Hall–Kier alpha value is -1.71. The van der Waals surface area contributed by atoms with E-state index >= 15 is 0 Å². The molecule has 2 amide bonds. The SMILES string of the molecule is CN(C)c1cccc(NC(N)=O)c1.[HH].[HH]. The Balaban J connectivity index is 0. The number of anilines is 2. The number of primary amides is 1. The third-order valence-corrected chi connectivity index (χ3v) is 1.63. The summed E-state index contributed by atoms with van der Waals surface area (Å²) in [4.78, 5) is 12.5. The predicted molar refractivity (Wildman–Crippen MR) is 58.2 cm³/mol. The summed E-state index contributed by atoms with van der Waals surface area (Å²) in [5, 5.41) is 2.51. The van der Waals surface area contributed by atoms with Gasteiger partial charge in [0, 0.05) is 28.3 Å². The maximum Gasteiger partial charge on any atom is 0.316 e. The third kappa shape index (κ3) is 2.66. The lowest BCUT2D eigenvalue weighted by atomic mass is 10.2. The zero-order valence-electron chi connectivity index (χ0n) is 7.74. The van der Waals surface area contributed by atoms with Crippen LogP contribution in [0.5, 0.6) is 0 Å². The minimum Gasteiger partial charge on any atom is -0.378 e. The second kappa shape index (κ2) is 3.80. The summed E-state index contributed by atoms with van der Waals surface area (Å²) in [6, 6.07) is 6.91. The van der Waals surface area contributed by atoms with Gasteiger partial charge < -0.3 is 16.0 Å². The van der Waals surface area contributed by atoms with E-state index < -0.39 is 6.03 Å². The van der Waals surface area contributed by atoms with Crippen LogP contribution in [0.4, 0.5) is 16.2 Å². The number of urea groups is 1. The second-order valence-electron chi connectivity index (χ2n) is 2.93. The van der Waals surface area contributed by atoms with E-state index in [1.165, 1.54) is 0 Å². The topological polar surface area (TPSA) is 58.4 Å². The van der Waals surface area contributed by atoms with Crippen LogP contribution in [0.3, 0.4) is 0 Å². The fraction of sp³-hybridized carbons (Fsp3) is 0.222. The standard InChI is InChI=1S/C9H13N3O.2H2/c1-12(2)8-5-3-4-7(6-8)11-9(10)13;;/h3-6H,1-2H3,(H3,10,11,13);2*1H. The summed E-state index contributed by atoms with van der Waals surface area (Å²) in [7, 11) is 3.87. The highest BCUT2D eigenvalue weighted by Crippen LogP contribution is 2.16. The molecule has 1 aromatic rings. The fourth-order valence-electron chi connectivity index (χ4n) is 1.00. The molecule has 0 aliphatic rings. The van der Waals surface area contributed by atoms with Gasteiger partial charge in [-0.05, 0) is 18.2 Å². The average molecular weight is 183 g/mol. The maximum absolute atomic E-state index is 10.5. The molecule has 0 aromatic heterocycles. The van der Waals surface area contributed by atoms with Gasteiger partial charge in [0.15, 0.2) is 0 Å². The second-order valence-corrected chi connectivity index (χ2v) is 2.93. The van der Waals surface area contributed by atoms with Gasteiger partial charge in [0.05, 0.1) is 0 Å². The van der Waals surface area contributed by atoms with Crippen molar-refractivity contribution in [1.82, 2.24) is 0 Å². The molecule has 0 spiro atoms. The molecular weight excluding hydrogens is 166 g/mol. The Morgan fingerprint density at radius 1 is 1.54 bits per heavy atom. The van der Waals surface area contributed by atoms with E-state index in [2.05, 4.69) is 5.32 Å². The first kappa shape index (κ1) is 9.38. The monoisotopic (exact) mass is 183 g/mol. The first-order chi connectivity index (χ1) is 6.09. The highest BCUT2D eigenvalue weighted by molar-refractivity contribution is 5.88. The van der Waals surface area contributed by atoms with Gasteiger partial charge in [0.1, 0.15) is 0 Å². The lowest BCUT2D eigenvalue weighted by Crippen LogP contribution is -2.19. The molecule has 0 atom stereocenters. The van der Waals surface area contributed by atoms with E-state index in [0.717, 1.165) is 5.69 Å². The van der Waals surface area contributed by atoms with Gasteiger partial charge in [-0.15, -0.1) is 0 Å². The van der Waals surface area contributed by atoms with Crippen LogP contribution in [0.25, 0.3) is 0 Å². The number of benzene rings is 1. The summed E-state index contributed by atoms with van der Waals surface area (Å²) in [6.45, 7) is 0. The molecule has 1 aromatic carbocycles. The Morgan fingerprint density at radius 3 is 2.77 bits per heavy atom. The number of rotatable bonds is 2. The number of carbonyl (C=O) groups is 1. The zero-order chi connectivity index (χ0) is 9.84. The van der Waals surface area contributed by atoms with Crippen molar-refractivity contribution in [2.24, 2.45) is 5.73 Å². The van der Waals surface area contributed by atoms with Crippen molar-refractivity contribution in [3.05, 3.63) is 24.3 Å². The summed E-state index contributed by atoms with van der Waals surface area (Å²) in [5.74, 6) is 0. The van der Waals surface area contributed by atoms with Gasteiger partial charge in [-0.1, -0.05) is 6.07 Å². The minimum atomic E-state index is -0.545. The van der Waals surface area contributed by atoms with Crippen LogP contribution < -0.4 is 16.0 Å². The molecule has 3 N–H and O–H groups in total. The molecule has 0 saturated carbocycles. The lowest BCUT2D eigenvalue weighted by molar-refractivity contribution is 0.259. The molecule has 74 valence electrons. The quantitative estimate of drug-likeness (QED) is 0.733. The molecule has 13 heavy (non-hydrogen) atoms. The summed E-state index contributed by atoms with van der Waals surface area (Å²) < 4.78 is 0. The molecular formula is C9H17N3O. The number of carbonyl (C=O) groups excluding carboxylic acids is 1. The highest BCUT2D eigenvalue weighted by Gasteiger charge is 1.98. The van der Waals surface area contributed by atoms with Crippen LogP contribution in [0, 0.1) is 0 Å². The van der Waals surface area contributed by atoms with E-state index in [-0.39, 0.29) is 2.85 Å². The average Bonchev–Trinajstić information content (AvgIpc) is 2.03. The Morgan fingerprint density at radius 2 is 2.23 bits per heavy atom. The number of amides is 2. The molecule has 0 bridgehead atoms. The van der Waals surface area contributed by atoms with Gasteiger partial charge in [0.25, 0.3) is 0 Å². The normalized spacial score (nSPS) is 9.38. The molecule has 0 unspecified atom stereocenters. The molecule has 0 radical (unpaired) electrons. The van der Waals surface area contributed by atoms with Gasteiger partial charge in [0.2, 0.25) is 0 Å². The molecule has 4 nitrogen and oxygen atoms in total. The van der Waals surface area contributed by atoms with Crippen LogP contribution in [0.15, 0.2) is 24.3 Å². The van der Waals surface area contributed by atoms with Crippen molar-refractivity contribution in [2.45, 2.75) is 0 Å². The van der Waals surface area contributed by atoms with Crippen LogP contribution >= 0.6 is 0 Å². The van der Waals surface area contributed by atoms with Crippen molar-refractivity contribution in [2.75, 3.05) is 24.3 Å². The van der Waals surface area contributed by atoms with Crippen molar-refractivity contribution in [3.63, 3.8) is 0 Å². The largest absolute Gasteiger partial charge is 0.378 e. The van der Waals surface area contributed by atoms with Gasteiger partial charge >= 0.3 is 6.03 Å². The van der Waals surface area contributed by atoms with E-state index in [4.69, 9.17) is 5.73 Å². The molecule has 1 rings (SSSR count). The maximum atomic E-state index is 10.5. The lowest BCUT2D eigenvalue weighted by Gasteiger charge is -2.13. The fourth-order valence-corrected chi connectivity index (χ4v) is 1.00. The van der Waals surface area contributed by atoms with Crippen molar-refractivity contribution >= 4 is 17.4 Å². The van der Waals surface area contributed by atoms with Crippen LogP contribution in [0.2, 0.25) is 0 Å². The molecule has 0 aliphatic heterocycles. The Bertz CT molecular complexity index is 318. The van der Waals surface area contributed by atoms with Crippen molar-refractivity contribution < 1.29 is 7.65 Å². The Labute approximate surface area is 80.3 Å². The van der Waals surface area contributed by atoms with Gasteiger partial charge in [-0.2, -0.15) is 0 Å². The van der Waals surface area contributed by atoms with E-state index in [1.807, 2.05) is 37.2 Å². The molecule has 4 heteroatoms. The zero-order valence-corrected chi connectivity index (χ0v) is 7.74. The molecule has 0 aliphatic carbocycles. The Kier molecular flexibility index (Phi) is 2.74. The molecule has 0 heterocycles. The molecule has 0 saturated heterocycles. The minimum absolute atomic E-state index is 0. The van der Waals surface area contributed by atoms with E-state index in [1.54, 1.807) is 6.07 Å². The number of nitrogens with two attached hydrogens (primary N) is 1. The van der Waals surface area contributed by atoms with Crippen LogP contribution in [0.1, 0.15) is 2.85 Å². The van der Waals surface area contributed by atoms with Crippen molar-refractivity contribution in [1.29, 1.82) is 0 Å². The summed E-state index contributed by atoms with van der Waals surface area (Å²) >= 11 is 0. The van der Waals surface area contributed by atoms with Crippen LogP contribution in [-0.4, -0.2) is 20.1 Å². The van der Waals surface area contributed by atoms with Gasteiger partial charge in [-0.3, -0.25) is 0 Å². The van der Waals surface area contributed by atoms with Crippen molar-refractivity contribution in [3.8, 4) is 0 Å². The molecule has 0 fully saturated rings. The first-order valence-electron chi connectivity index (χ1n) is 3.93. The number of hydrogen-bond donors (Lipinski definition) is 2. The van der Waals surface area contributed by atoms with E-state index in [9.17, 15) is 4.79 Å². The highest BCUT2D eigenvalue weighted by atomic mass is 16.2. The third-order valence-electron chi connectivity index (χ3n) is 1.63. The predicted octanol–water partition coefficient (Wildman–Crippen LogP) is 1.74. The summed E-state index contributed by atoms with van der Waals surface area (Å²) in [5.41, 5.74) is 6.71. The number of nitrogens with zero attached hydrogens (tertiary/aromatic N) is 1. The van der Waals surface area contributed by atoms with Crippen LogP contribution in [-0.2, 0) is 0 Å². The van der Waals surface area contributed by atoms with E-state index in [0.29, 0.717) is 5.69 Å². The van der Waals surface area contributed by atoms with Gasteiger partial charge in [-0.25, -0.2) is 4.79 Å². The number of nitrogens with one attached hydrogen (secondary N) is 1. The smallest absolute Gasteiger partial charge is 0.316 e. The summed E-state index contributed by atoms with van der Waals surface area (Å²) in [6.07, 6.45) is 0. The first-order valence-corrected chi connectivity index (χ1v) is 3.93.